The lowest BCUT2D eigenvalue weighted by molar-refractivity contribution is -0.132. The third-order valence-corrected chi connectivity index (χ3v) is 5.37. The fraction of sp³-hybridized carbons (Fsp3) is 0.450. The van der Waals surface area contributed by atoms with Crippen LogP contribution in [0.5, 0.6) is 0 Å². The van der Waals surface area contributed by atoms with E-state index in [4.69, 9.17) is 0 Å². The number of hydrogen-bond donors (Lipinski definition) is 0. The van der Waals surface area contributed by atoms with Crippen LogP contribution in [0, 0.1) is 6.92 Å². The lowest BCUT2D eigenvalue weighted by Gasteiger charge is -2.22. The normalized spacial score (nSPS) is 15.6. The molecule has 1 saturated heterocycles. The van der Waals surface area contributed by atoms with Crippen LogP contribution in [0.4, 0.5) is 0 Å². The van der Waals surface area contributed by atoms with E-state index in [1.54, 1.807) is 7.05 Å². The highest BCUT2D eigenvalue weighted by Crippen LogP contribution is 2.11. The lowest BCUT2D eigenvalue weighted by atomic mass is 10.1. The van der Waals surface area contributed by atoms with Gasteiger partial charge in [0.15, 0.2) is 5.65 Å². The third-order valence-electron chi connectivity index (χ3n) is 5.37. The van der Waals surface area contributed by atoms with Crippen LogP contribution in [0.3, 0.4) is 0 Å². The van der Waals surface area contributed by atoms with Gasteiger partial charge in [0.25, 0.3) is 5.56 Å². The number of amides is 1. The highest BCUT2D eigenvalue weighted by Gasteiger charge is 2.21. The number of aromatic nitrogens is 5. The Labute approximate surface area is 168 Å². The minimum absolute atomic E-state index is 0.103. The van der Waals surface area contributed by atoms with Gasteiger partial charge in [0, 0.05) is 39.8 Å². The van der Waals surface area contributed by atoms with Gasteiger partial charge < -0.3 is 4.90 Å². The summed E-state index contributed by atoms with van der Waals surface area (Å²) in [5, 5.41) is 12.3. The maximum absolute atomic E-state index is 12.8. The van der Waals surface area contributed by atoms with Crippen molar-refractivity contribution < 1.29 is 4.79 Å². The molecule has 9 nitrogen and oxygen atoms in total. The number of rotatable bonds is 4. The molecule has 0 bridgehead atoms. The Kier molecular flexibility index (Phi) is 5.39. The fourth-order valence-electron chi connectivity index (χ4n) is 3.64. The molecule has 1 aliphatic rings. The molecule has 3 aromatic rings. The molecular formula is C20H25N7O2. The maximum Gasteiger partial charge on any atom is 0.281 e. The summed E-state index contributed by atoms with van der Waals surface area (Å²) in [4.78, 5) is 29.5. The molecule has 9 heteroatoms. The molecule has 0 N–H and O–H groups in total. The number of carbonyl (C=O) groups excluding carboxylic acids is 1. The first kappa shape index (κ1) is 19.3. The molecule has 0 spiro atoms. The molecule has 29 heavy (non-hydrogen) atoms. The zero-order valence-corrected chi connectivity index (χ0v) is 16.8. The molecule has 3 heterocycles. The minimum atomic E-state index is -0.340. The van der Waals surface area contributed by atoms with Gasteiger partial charge >= 0.3 is 0 Å². The molecule has 0 aliphatic carbocycles. The van der Waals surface area contributed by atoms with Crippen molar-refractivity contribution >= 4 is 16.9 Å². The summed E-state index contributed by atoms with van der Waals surface area (Å²) in [6, 6.07) is 8.56. The van der Waals surface area contributed by atoms with Gasteiger partial charge in [-0.05, 0) is 18.9 Å². The summed E-state index contributed by atoms with van der Waals surface area (Å²) >= 11 is 0. The number of aryl methyl sites for hydroxylation is 2. The molecule has 2 aromatic heterocycles. The fourth-order valence-corrected chi connectivity index (χ4v) is 3.64. The largest absolute Gasteiger partial charge is 0.340 e. The summed E-state index contributed by atoms with van der Waals surface area (Å²) in [5.41, 5.74) is 2.61. The van der Waals surface area contributed by atoms with Crippen molar-refractivity contribution in [1.29, 1.82) is 0 Å². The topological polar surface area (TPSA) is 89.2 Å². The van der Waals surface area contributed by atoms with E-state index in [2.05, 4.69) is 51.5 Å². The van der Waals surface area contributed by atoms with Gasteiger partial charge in [0.05, 0.1) is 6.20 Å². The molecule has 1 aromatic carbocycles. The Morgan fingerprint density at radius 3 is 2.69 bits per heavy atom. The molecule has 4 rings (SSSR count). The van der Waals surface area contributed by atoms with Crippen molar-refractivity contribution in [2.75, 3.05) is 26.2 Å². The van der Waals surface area contributed by atoms with Gasteiger partial charge in [0.1, 0.15) is 11.9 Å². The zero-order valence-electron chi connectivity index (χ0n) is 16.8. The number of nitrogens with zero attached hydrogens (tertiary/aromatic N) is 7. The molecule has 1 amide bonds. The van der Waals surface area contributed by atoms with Gasteiger partial charge in [-0.3, -0.25) is 14.5 Å². The van der Waals surface area contributed by atoms with Crippen LogP contribution in [0.2, 0.25) is 0 Å². The summed E-state index contributed by atoms with van der Waals surface area (Å²) in [6.07, 6.45) is 2.36. The Bertz CT molecular complexity index is 1070. The summed E-state index contributed by atoms with van der Waals surface area (Å²) in [6.45, 7) is 5.93. The Hall–Kier alpha value is -3.07. The summed E-state index contributed by atoms with van der Waals surface area (Å²) in [7, 11) is 1.70. The SMILES string of the molecule is Cc1ccc(CN2CCCN(C(=O)Cn3nnc4c(cnn4C)c3=O)CC2)cc1. The molecule has 0 unspecified atom stereocenters. The molecule has 1 fully saturated rings. The smallest absolute Gasteiger partial charge is 0.281 e. The first-order chi connectivity index (χ1) is 14.0. The zero-order chi connectivity index (χ0) is 20.4. The lowest BCUT2D eigenvalue weighted by Crippen LogP contribution is -2.39. The molecular weight excluding hydrogens is 370 g/mol. The molecule has 152 valence electrons. The van der Waals surface area contributed by atoms with E-state index in [0.29, 0.717) is 24.1 Å². The molecule has 0 saturated carbocycles. The second-order valence-electron chi connectivity index (χ2n) is 7.55. The summed E-state index contributed by atoms with van der Waals surface area (Å²) in [5.74, 6) is -0.109. The van der Waals surface area contributed by atoms with E-state index in [0.717, 1.165) is 30.7 Å². The number of benzene rings is 1. The van der Waals surface area contributed by atoms with E-state index in [-0.39, 0.29) is 18.0 Å². The van der Waals surface area contributed by atoms with Crippen LogP contribution in [0.1, 0.15) is 17.5 Å². The monoisotopic (exact) mass is 395 g/mol. The Morgan fingerprint density at radius 2 is 1.90 bits per heavy atom. The average molecular weight is 395 g/mol. The van der Waals surface area contributed by atoms with E-state index in [9.17, 15) is 9.59 Å². The number of carbonyl (C=O) groups is 1. The van der Waals surface area contributed by atoms with Crippen molar-refractivity contribution in [3.05, 3.63) is 51.9 Å². The summed E-state index contributed by atoms with van der Waals surface area (Å²) < 4.78 is 2.62. The quantitative estimate of drug-likeness (QED) is 0.642. The highest BCUT2D eigenvalue weighted by atomic mass is 16.2. The van der Waals surface area contributed by atoms with Crippen LogP contribution in [-0.2, 0) is 24.9 Å². The standard InChI is InChI=1S/C20H25N7O2/c1-15-4-6-16(7-5-15)13-25-8-3-9-26(11-10-25)18(28)14-27-20(29)17-12-21-24(2)19(17)22-23-27/h4-7,12H,3,8-11,13-14H2,1-2H3. The van der Waals surface area contributed by atoms with E-state index in [1.165, 1.54) is 22.0 Å². The molecule has 0 atom stereocenters. The minimum Gasteiger partial charge on any atom is -0.340 e. The molecule has 1 aliphatic heterocycles. The van der Waals surface area contributed by atoms with Crippen LogP contribution < -0.4 is 5.56 Å². The van der Waals surface area contributed by atoms with Crippen molar-refractivity contribution in [1.82, 2.24) is 34.6 Å². The average Bonchev–Trinajstić information content (AvgIpc) is 2.94. The highest BCUT2D eigenvalue weighted by molar-refractivity contribution is 5.77. The van der Waals surface area contributed by atoms with Crippen molar-refractivity contribution in [3.8, 4) is 0 Å². The van der Waals surface area contributed by atoms with Crippen molar-refractivity contribution in [2.24, 2.45) is 7.05 Å². The van der Waals surface area contributed by atoms with Crippen LogP contribution in [-0.4, -0.2) is 66.7 Å². The van der Waals surface area contributed by atoms with E-state index >= 15 is 0 Å². The first-order valence-corrected chi connectivity index (χ1v) is 9.82. The maximum atomic E-state index is 12.8. The van der Waals surface area contributed by atoms with Crippen LogP contribution in [0.25, 0.3) is 11.0 Å². The van der Waals surface area contributed by atoms with Crippen LogP contribution in [0.15, 0.2) is 35.3 Å². The van der Waals surface area contributed by atoms with E-state index in [1.807, 2.05) is 4.90 Å². The van der Waals surface area contributed by atoms with Crippen molar-refractivity contribution in [3.63, 3.8) is 0 Å². The predicted octanol–water partition coefficient (Wildman–Crippen LogP) is 0.568. The van der Waals surface area contributed by atoms with Gasteiger partial charge in [-0.1, -0.05) is 35.0 Å². The molecule has 0 radical (unpaired) electrons. The van der Waals surface area contributed by atoms with E-state index < -0.39 is 0 Å². The van der Waals surface area contributed by atoms with Gasteiger partial charge in [-0.2, -0.15) is 5.10 Å². The first-order valence-electron chi connectivity index (χ1n) is 9.82. The van der Waals surface area contributed by atoms with Gasteiger partial charge in [0.2, 0.25) is 5.91 Å². The van der Waals surface area contributed by atoms with Gasteiger partial charge in [-0.25, -0.2) is 9.36 Å². The van der Waals surface area contributed by atoms with Gasteiger partial charge in [-0.15, -0.1) is 5.10 Å². The second-order valence-corrected chi connectivity index (χ2v) is 7.55. The van der Waals surface area contributed by atoms with Crippen LogP contribution >= 0.6 is 0 Å². The third kappa shape index (κ3) is 4.19. The number of hydrogen-bond acceptors (Lipinski definition) is 6. The Morgan fingerprint density at radius 1 is 1.10 bits per heavy atom. The predicted molar refractivity (Wildman–Crippen MR) is 108 cm³/mol. The second kappa shape index (κ2) is 8.12. The Balaban J connectivity index is 1.39. The number of fused-ring (bicyclic) bond motifs is 1. The van der Waals surface area contributed by atoms with Crippen molar-refractivity contribution in [2.45, 2.75) is 26.4 Å².